The fourth-order valence-corrected chi connectivity index (χ4v) is 1.42. The van der Waals surface area contributed by atoms with Crippen molar-refractivity contribution in [2.24, 2.45) is 5.92 Å². The van der Waals surface area contributed by atoms with Gasteiger partial charge in [-0.15, -0.1) is 0 Å². The molecule has 0 aromatic carbocycles. The molecule has 0 fully saturated rings. The zero-order valence-corrected chi connectivity index (χ0v) is 10.7. The minimum atomic E-state index is 0.428. The minimum Gasteiger partial charge on any atom is -0.368 e. The maximum Gasteiger partial charge on any atom is 0.126 e. The van der Waals surface area contributed by atoms with Crippen LogP contribution in [0.4, 0.5) is 5.82 Å². The van der Waals surface area contributed by atoms with Crippen molar-refractivity contribution in [3.63, 3.8) is 0 Å². The predicted molar refractivity (Wildman–Crippen MR) is 69.5 cm³/mol. The van der Waals surface area contributed by atoms with Gasteiger partial charge in [-0.2, -0.15) is 0 Å². The quantitative estimate of drug-likeness (QED) is 0.775. The molecule has 16 heavy (non-hydrogen) atoms. The van der Waals surface area contributed by atoms with Crippen molar-refractivity contribution in [3.8, 4) is 0 Å². The molecule has 0 aliphatic carbocycles. The molecule has 0 saturated heterocycles. The van der Waals surface area contributed by atoms with Gasteiger partial charge in [0.15, 0.2) is 0 Å². The highest BCUT2D eigenvalue weighted by Crippen LogP contribution is 2.06. The van der Waals surface area contributed by atoms with Gasteiger partial charge in [-0.3, -0.25) is 0 Å². The first-order valence-electron chi connectivity index (χ1n) is 6.00. The number of hydrogen-bond acceptors (Lipinski definition) is 3. The van der Waals surface area contributed by atoms with Crippen molar-refractivity contribution in [2.75, 3.05) is 11.9 Å². The SMILES string of the molecule is CC(C)CNCc1ccc(NC(C)C)nc1. The average Bonchev–Trinajstić information content (AvgIpc) is 2.19. The van der Waals surface area contributed by atoms with Gasteiger partial charge >= 0.3 is 0 Å². The van der Waals surface area contributed by atoms with Crippen LogP contribution >= 0.6 is 0 Å². The summed E-state index contributed by atoms with van der Waals surface area (Å²) in [7, 11) is 0. The van der Waals surface area contributed by atoms with E-state index in [4.69, 9.17) is 0 Å². The van der Waals surface area contributed by atoms with Crippen LogP contribution in [0, 0.1) is 5.92 Å². The number of aromatic nitrogens is 1. The molecule has 0 spiro atoms. The van der Waals surface area contributed by atoms with E-state index in [0.29, 0.717) is 12.0 Å². The highest BCUT2D eigenvalue weighted by atomic mass is 15.0. The van der Waals surface area contributed by atoms with Crippen molar-refractivity contribution in [2.45, 2.75) is 40.3 Å². The molecule has 1 aromatic heterocycles. The van der Waals surface area contributed by atoms with Gasteiger partial charge in [-0.05, 0) is 37.9 Å². The maximum atomic E-state index is 4.37. The number of pyridine rings is 1. The van der Waals surface area contributed by atoms with E-state index < -0.39 is 0 Å². The van der Waals surface area contributed by atoms with Crippen LogP contribution in [0.1, 0.15) is 33.3 Å². The summed E-state index contributed by atoms with van der Waals surface area (Å²) in [6.07, 6.45) is 1.93. The molecule has 0 aliphatic heterocycles. The van der Waals surface area contributed by atoms with E-state index in [2.05, 4.69) is 49.4 Å². The lowest BCUT2D eigenvalue weighted by Crippen LogP contribution is -2.19. The van der Waals surface area contributed by atoms with Crippen LogP contribution in [0.25, 0.3) is 0 Å². The topological polar surface area (TPSA) is 37.0 Å². The van der Waals surface area contributed by atoms with Crippen LogP contribution < -0.4 is 10.6 Å². The summed E-state index contributed by atoms with van der Waals surface area (Å²) in [4.78, 5) is 4.37. The van der Waals surface area contributed by atoms with Gasteiger partial charge < -0.3 is 10.6 Å². The van der Waals surface area contributed by atoms with E-state index in [9.17, 15) is 0 Å². The Morgan fingerprint density at radius 1 is 1.19 bits per heavy atom. The molecule has 1 aromatic rings. The van der Waals surface area contributed by atoms with Crippen LogP contribution in [-0.2, 0) is 6.54 Å². The number of nitrogens with zero attached hydrogens (tertiary/aromatic N) is 1. The second-order valence-electron chi connectivity index (χ2n) is 4.88. The van der Waals surface area contributed by atoms with Crippen molar-refractivity contribution >= 4 is 5.82 Å². The molecule has 0 unspecified atom stereocenters. The molecule has 3 nitrogen and oxygen atoms in total. The third-order valence-corrected chi connectivity index (χ3v) is 2.14. The number of rotatable bonds is 6. The monoisotopic (exact) mass is 221 g/mol. The summed E-state index contributed by atoms with van der Waals surface area (Å²) in [6.45, 7) is 10.6. The molecule has 2 N–H and O–H groups in total. The Morgan fingerprint density at radius 3 is 2.44 bits per heavy atom. The number of hydrogen-bond donors (Lipinski definition) is 2. The van der Waals surface area contributed by atoms with Gasteiger partial charge in [0.1, 0.15) is 5.82 Å². The number of nitrogens with one attached hydrogen (secondary N) is 2. The Bertz CT molecular complexity index is 291. The normalized spacial score (nSPS) is 11.1. The van der Waals surface area contributed by atoms with Gasteiger partial charge in [0.25, 0.3) is 0 Å². The molecule has 1 rings (SSSR count). The summed E-state index contributed by atoms with van der Waals surface area (Å²) in [6, 6.07) is 4.58. The lowest BCUT2D eigenvalue weighted by molar-refractivity contribution is 0.552. The maximum absolute atomic E-state index is 4.37. The third kappa shape index (κ3) is 5.12. The second-order valence-corrected chi connectivity index (χ2v) is 4.88. The van der Waals surface area contributed by atoms with Gasteiger partial charge in [-0.25, -0.2) is 4.98 Å². The highest BCUT2D eigenvalue weighted by Gasteiger charge is 1.98. The molecule has 90 valence electrons. The van der Waals surface area contributed by atoms with Crippen LogP contribution in [0.3, 0.4) is 0 Å². The fourth-order valence-electron chi connectivity index (χ4n) is 1.42. The lowest BCUT2D eigenvalue weighted by Gasteiger charge is -2.10. The van der Waals surface area contributed by atoms with Crippen molar-refractivity contribution in [3.05, 3.63) is 23.9 Å². The number of anilines is 1. The summed E-state index contributed by atoms with van der Waals surface area (Å²) in [5, 5.41) is 6.68. The zero-order valence-electron chi connectivity index (χ0n) is 10.7. The lowest BCUT2D eigenvalue weighted by atomic mass is 10.2. The van der Waals surface area contributed by atoms with Crippen LogP contribution in [0.2, 0.25) is 0 Å². The fraction of sp³-hybridized carbons (Fsp3) is 0.615. The summed E-state index contributed by atoms with van der Waals surface area (Å²) in [5.41, 5.74) is 1.23. The van der Waals surface area contributed by atoms with E-state index in [1.165, 1.54) is 5.56 Å². The Hall–Kier alpha value is -1.09. The Labute approximate surface area is 98.7 Å². The van der Waals surface area contributed by atoms with Crippen molar-refractivity contribution < 1.29 is 0 Å². The average molecular weight is 221 g/mol. The Kier molecular flexibility index (Phi) is 5.26. The van der Waals surface area contributed by atoms with Crippen molar-refractivity contribution in [1.82, 2.24) is 10.3 Å². The zero-order chi connectivity index (χ0) is 12.0. The van der Waals surface area contributed by atoms with E-state index in [-0.39, 0.29) is 0 Å². The van der Waals surface area contributed by atoms with Gasteiger partial charge in [0.05, 0.1) is 0 Å². The predicted octanol–water partition coefficient (Wildman–Crippen LogP) is 2.65. The summed E-state index contributed by atoms with van der Waals surface area (Å²) >= 11 is 0. The molecule has 0 bridgehead atoms. The van der Waals surface area contributed by atoms with Gasteiger partial charge in [-0.1, -0.05) is 19.9 Å². The van der Waals surface area contributed by atoms with E-state index in [0.717, 1.165) is 18.9 Å². The molecular weight excluding hydrogens is 198 g/mol. The summed E-state index contributed by atoms with van der Waals surface area (Å²) in [5.74, 6) is 1.64. The third-order valence-electron chi connectivity index (χ3n) is 2.14. The largest absolute Gasteiger partial charge is 0.368 e. The van der Waals surface area contributed by atoms with E-state index >= 15 is 0 Å². The molecule has 1 heterocycles. The second kappa shape index (κ2) is 6.48. The Morgan fingerprint density at radius 2 is 1.94 bits per heavy atom. The van der Waals surface area contributed by atoms with Crippen LogP contribution in [0.15, 0.2) is 18.3 Å². The summed E-state index contributed by atoms with van der Waals surface area (Å²) < 4.78 is 0. The van der Waals surface area contributed by atoms with Gasteiger partial charge in [0, 0.05) is 18.8 Å². The first-order valence-corrected chi connectivity index (χ1v) is 6.00. The van der Waals surface area contributed by atoms with Crippen LogP contribution in [0.5, 0.6) is 0 Å². The standard InChI is InChI=1S/C13H23N3/c1-10(2)7-14-8-12-5-6-13(15-9-12)16-11(3)4/h5-6,9-11,14H,7-8H2,1-4H3,(H,15,16). The van der Waals surface area contributed by atoms with Crippen molar-refractivity contribution in [1.29, 1.82) is 0 Å². The van der Waals surface area contributed by atoms with E-state index in [1.54, 1.807) is 0 Å². The highest BCUT2D eigenvalue weighted by molar-refractivity contribution is 5.36. The smallest absolute Gasteiger partial charge is 0.126 e. The molecule has 3 heteroatoms. The van der Waals surface area contributed by atoms with Gasteiger partial charge in [0.2, 0.25) is 0 Å². The molecule has 0 atom stereocenters. The minimum absolute atomic E-state index is 0.428. The van der Waals surface area contributed by atoms with Crippen LogP contribution in [-0.4, -0.2) is 17.6 Å². The first-order chi connectivity index (χ1) is 7.58. The first kappa shape index (κ1) is 13.0. The molecule has 0 saturated carbocycles. The Balaban J connectivity index is 2.39. The molecule has 0 amide bonds. The molecule has 0 aliphatic rings. The van der Waals surface area contributed by atoms with E-state index in [1.807, 2.05) is 12.3 Å². The molecule has 0 radical (unpaired) electrons. The molecular formula is C13H23N3.